The molecule has 1 aliphatic rings. The van der Waals surface area contributed by atoms with E-state index in [4.69, 9.17) is 0 Å². The van der Waals surface area contributed by atoms with Crippen LogP contribution in [-0.2, 0) is 4.79 Å². The van der Waals surface area contributed by atoms with Crippen molar-refractivity contribution in [2.75, 3.05) is 18.4 Å². The first-order valence-electron chi connectivity index (χ1n) is 5.47. The summed E-state index contributed by atoms with van der Waals surface area (Å²) in [6.45, 7) is 3.68. The molecule has 1 aliphatic heterocycles. The summed E-state index contributed by atoms with van der Waals surface area (Å²) in [5, 5.41) is 15.3. The van der Waals surface area contributed by atoms with Crippen molar-refractivity contribution in [1.29, 1.82) is 0 Å². The maximum atomic E-state index is 11.9. The number of carbonyl (C=O) groups excluding carboxylic acids is 1. The number of aromatic hydroxyl groups is 1. The Morgan fingerprint density at radius 1 is 1.50 bits per heavy atom. The van der Waals surface area contributed by atoms with Crippen LogP contribution in [-0.4, -0.2) is 24.1 Å². The molecule has 2 atom stereocenters. The zero-order valence-corrected chi connectivity index (χ0v) is 9.23. The van der Waals surface area contributed by atoms with Crippen LogP contribution in [0.1, 0.15) is 6.92 Å². The molecule has 0 aliphatic carbocycles. The minimum Gasteiger partial charge on any atom is -0.508 e. The normalized spacial score (nSPS) is 24.3. The molecule has 4 nitrogen and oxygen atoms in total. The van der Waals surface area contributed by atoms with Crippen LogP contribution < -0.4 is 10.6 Å². The van der Waals surface area contributed by atoms with Crippen LogP contribution in [0, 0.1) is 11.8 Å². The second kappa shape index (κ2) is 4.53. The molecule has 3 N–H and O–H groups in total. The minimum atomic E-state index is 0.0161. The standard InChI is InChI=1S/C12H16N2O2/c1-8-6-13-7-11(8)12(16)14-9-3-2-4-10(15)5-9/h2-5,8,11,13,15H,6-7H2,1H3,(H,14,16)/t8-,11-/m1/s1. The Morgan fingerprint density at radius 2 is 2.31 bits per heavy atom. The lowest BCUT2D eigenvalue weighted by Crippen LogP contribution is -2.27. The van der Waals surface area contributed by atoms with Crippen LogP contribution >= 0.6 is 0 Å². The van der Waals surface area contributed by atoms with E-state index in [-0.39, 0.29) is 17.6 Å². The third-order valence-corrected chi connectivity index (χ3v) is 2.97. The van der Waals surface area contributed by atoms with Gasteiger partial charge in [0.15, 0.2) is 0 Å². The van der Waals surface area contributed by atoms with Crippen molar-refractivity contribution in [2.45, 2.75) is 6.92 Å². The highest BCUT2D eigenvalue weighted by Crippen LogP contribution is 2.20. The second-order valence-electron chi connectivity index (χ2n) is 4.28. The Hall–Kier alpha value is -1.55. The smallest absolute Gasteiger partial charge is 0.229 e. The monoisotopic (exact) mass is 220 g/mol. The van der Waals surface area contributed by atoms with Crippen LogP contribution in [0.15, 0.2) is 24.3 Å². The van der Waals surface area contributed by atoms with Gasteiger partial charge in [-0.25, -0.2) is 0 Å². The van der Waals surface area contributed by atoms with Gasteiger partial charge in [0, 0.05) is 18.3 Å². The van der Waals surface area contributed by atoms with Gasteiger partial charge in [-0.05, 0) is 24.6 Å². The molecule has 0 radical (unpaired) electrons. The number of anilines is 1. The van der Waals surface area contributed by atoms with Crippen molar-refractivity contribution < 1.29 is 9.90 Å². The van der Waals surface area contributed by atoms with Gasteiger partial charge >= 0.3 is 0 Å². The van der Waals surface area contributed by atoms with Crippen LogP contribution in [0.4, 0.5) is 5.69 Å². The number of carbonyl (C=O) groups is 1. The average Bonchev–Trinajstić information content (AvgIpc) is 2.64. The first kappa shape index (κ1) is 11.0. The highest BCUT2D eigenvalue weighted by Gasteiger charge is 2.29. The van der Waals surface area contributed by atoms with Crippen molar-refractivity contribution in [3.05, 3.63) is 24.3 Å². The molecule has 0 bridgehead atoms. The molecular formula is C12H16N2O2. The largest absolute Gasteiger partial charge is 0.508 e. The third-order valence-electron chi connectivity index (χ3n) is 2.97. The maximum Gasteiger partial charge on any atom is 0.229 e. The lowest BCUT2D eigenvalue weighted by Gasteiger charge is -2.14. The van der Waals surface area contributed by atoms with Crippen LogP contribution in [0.5, 0.6) is 5.75 Å². The number of hydrogen-bond donors (Lipinski definition) is 3. The molecule has 1 aromatic carbocycles. The number of phenolic OH excluding ortho intramolecular Hbond substituents is 1. The van der Waals surface area contributed by atoms with Gasteiger partial charge in [-0.15, -0.1) is 0 Å². The van der Waals surface area contributed by atoms with E-state index in [0.717, 1.165) is 13.1 Å². The van der Waals surface area contributed by atoms with Gasteiger partial charge in [0.05, 0.1) is 5.92 Å². The van der Waals surface area contributed by atoms with E-state index in [2.05, 4.69) is 17.6 Å². The summed E-state index contributed by atoms with van der Waals surface area (Å²) in [5.41, 5.74) is 0.643. The van der Waals surface area contributed by atoms with E-state index in [0.29, 0.717) is 11.6 Å². The first-order chi connectivity index (χ1) is 7.66. The van der Waals surface area contributed by atoms with Gasteiger partial charge in [-0.1, -0.05) is 13.0 Å². The number of phenols is 1. The van der Waals surface area contributed by atoms with E-state index in [1.807, 2.05) is 0 Å². The molecule has 0 spiro atoms. The predicted octanol–water partition coefficient (Wildman–Crippen LogP) is 1.19. The summed E-state index contributed by atoms with van der Waals surface area (Å²) < 4.78 is 0. The predicted molar refractivity (Wildman–Crippen MR) is 62.3 cm³/mol. The summed E-state index contributed by atoms with van der Waals surface area (Å²) in [6, 6.07) is 6.60. The molecule has 1 fully saturated rings. The molecule has 1 saturated heterocycles. The molecule has 0 unspecified atom stereocenters. The average molecular weight is 220 g/mol. The number of hydrogen-bond acceptors (Lipinski definition) is 3. The molecule has 1 amide bonds. The molecule has 2 rings (SSSR count). The van der Waals surface area contributed by atoms with Gasteiger partial charge < -0.3 is 15.7 Å². The van der Waals surface area contributed by atoms with E-state index in [1.54, 1.807) is 24.3 Å². The van der Waals surface area contributed by atoms with Crippen molar-refractivity contribution in [1.82, 2.24) is 5.32 Å². The van der Waals surface area contributed by atoms with E-state index in [9.17, 15) is 9.90 Å². The van der Waals surface area contributed by atoms with Crippen LogP contribution in [0.3, 0.4) is 0 Å². The number of rotatable bonds is 2. The Bertz CT molecular complexity index is 392. The van der Waals surface area contributed by atoms with Gasteiger partial charge in [-0.3, -0.25) is 4.79 Å². The first-order valence-corrected chi connectivity index (χ1v) is 5.47. The molecule has 0 saturated carbocycles. The van der Waals surface area contributed by atoms with Gasteiger partial charge in [0.25, 0.3) is 0 Å². The van der Waals surface area contributed by atoms with Crippen molar-refractivity contribution >= 4 is 11.6 Å². The maximum absolute atomic E-state index is 11.9. The SMILES string of the molecule is C[C@@H]1CNC[C@H]1C(=O)Nc1cccc(O)c1. The third kappa shape index (κ3) is 2.33. The summed E-state index contributed by atoms with van der Waals surface area (Å²) in [4.78, 5) is 11.9. The van der Waals surface area contributed by atoms with Crippen molar-refractivity contribution in [2.24, 2.45) is 11.8 Å². The summed E-state index contributed by atoms with van der Waals surface area (Å²) in [7, 11) is 0. The summed E-state index contributed by atoms with van der Waals surface area (Å²) in [5.74, 6) is 0.554. The minimum absolute atomic E-state index is 0.0161. The topological polar surface area (TPSA) is 61.4 Å². The van der Waals surface area contributed by atoms with E-state index in [1.165, 1.54) is 0 Å². The van der Waals surface area contributed by atoms with E-state index >= 15 is 0 Å². The molecule has 1 aromatic rings. The second-order valence-corrected chi connectivity index (χ2v) is 4.28. The lowest BCUT2D eigenvalue weighted by atomic mass is 9.97. The molecule has 86 valence electrons. The van der Waals surface area contributed by atoms with Crippen LogP contribution in [0.25, 0.3) is 0 Å². The zero-order valence-electron chi connectivity index (χ0n) is 9.23. The molecular weight excluding hydrogens is 204 g/mol. The zero-order chi connectivity index (χ0) is 11.5. The Morgan fingerprint density at radius 3 is 2.94 bits per heavy atom. The molecule has 1 heterocycles. The van der Waals surface area contributed by atoms with Crippen LogP contribution in [0.2, 0.25) is 0 Å². The fourth-order valence-corrected chi connectivity index (χ4v) is 1.98. The quantitative estimate of drug-likeness (QED) is 0.701. The van der Waals surface area contributed by atoms with Gasteiger partial charge in [0.1, 0.15) is 5.75 Å². The Kier molecular flexibility index (Phi) is 3.10. The number of nitrogens with one attached hydrogen (secondary N) is 2. The molecule has 16 heavy (non-hydrogen) atoms. The Balaban J connectivity index is 2.02. The lowest BCUT2D eigenvalue weighted by molar-refractivity contribution is -0.120. The van der Waals surface area contributed by atoms with E-state index < -0.39 is 0 Å². The number of benzene rings is 1. The number of amides is 1. The molecule has 0 aromatic heterocycles. The highest BCUT2D eigenvalue weighted by molar-refractivity contribution is 5.93. The van der Waals surface area contributed by atoms with Gasteiger partial charge in [-0.2, -0.15) is 0 Å². The van der Waals surface area contributed by atoms with Gasteiger partial charge in [0.2, 0.25) is 5.91 Å². The fraction of sp³-hybridized carbons (Fsp3) is 0.417. The highest BCUT2D eigenvalue weighted by atomic mass is 16.3. The Labute approximate surface area is 94.7 Å². The van der Waals surface area contributed by atoms with Crippen molar-refractivity contribution in [3.8, 4) is 5.75 Å². The molecule has 4 heteroatoms. The fourth-order valence-electron chi connectivity index (χ4n) is 1.98. The summed E-state index contributed by atoms with van der Waals surface area (Å²) in [6.07, 6.45) is 0. The van der Waals surface area contributed by atoms with Crippen molar-refractivity contribution in [3.63, 3.8) is 0 Å². The summed E-state index contributed by atoms with van der Waals surface area (Å²) >= 11 is 0.